The molecule has 0 unspecified atom stereocenters. The molecule has 214 valence electrons. The number of carbonyl (C=O) groups excluding carboxylic acids is 2. The van der Waals surface area contributed by atoms with Gasteiger partial charge in [0.1, 0.15) is 33.9 Å². The van der Waals surface area contributed by atoms with Crippen LogP contribution < -0.4 is 20.2 Å². The summed E-state index contributed by atoms with van der Waals surface area (Å²) in [7, 11) is 0. The van der Waals surface area contributed by atoms with Gasteiger partial charge in [-0.25, -0.2) is 4.79 Å². The first-order valence-corrected chi connectivity index (χ1v) is 14.3. The van der Waals surface area contributed by atoms with E-state index in [9.17, 15) is 14.4 Å². The Kier molecular flexibility index (Phi) is 8.68. The molecule has 0 aliphatic heterocycles. The standard InChI is InChI=1S/C33H29NO7S/c1-4-38-33(37)30-25(21-10-6-5-7-11-21)19-42-32(30)34-29(35)18-39-22-14-15-24-27(16-22)40-17-28(31(24)36)41-26-13-9-8-12-23(26)20(2)3/h5-17,19-20H,4,18H2,1-3H3,(H,34,35). The zero-order valence-corrected chi connectivity index (χ0v) is 24.2. The van der Waals surface area contributed by atoms with Crippen molar-refractivity contribution in [2.45, 2.75) is 26.7 Å². The van der Waals surface area contributed by atoms with Crippen molar-refractivity contribution in [3.05, 3.63) is 106 Å². The van der Waals surface area contributed by atoms with Crippen molar-refractivity contribution in [2.24, 2.45) is 0 Å². The monoisotopic (exact) mass is 583 g/mol. The Morgan fingerprint density at radius 2 is 1.74 bits per heavy atom. The van der Waals surface area contributed by atoms with Crippen molar-refractivity contribution in [1.29, 1.82) is 0 Å². The fourth-order valence-electron chi connectivity index (χ4n) is 4.42. The van der Waals surface area contributed by atoms with Crippen LogP contribution in [0.4, 0.5) is 5.00 Å². The van der Waals surface area contributed by atoms with E-state index >= 15 is 0 Å². The highest BCUT2D eigenvalue weighted by Crippen LogP contribution is 2.36. The Hall–Kier alpha value is -4.89. The number of carbonyl (C=O) groups is 2. The number of amides is 1. The van der Waals surface area contributed by atoms with Gasteiger partial charge in [-0.3, -0.25) is 9.59 Å². The van der Waals surface area contributed by atoms with E-state index < -0.39 is 11.9 Å². The summed E-state index contributed by atoms with van der Waals surface area (Å²) in [6.07, 6.45) is 1.27. The van der Waals surface area contributed by atoms with E-state index in [0.29, 0.717) is 33.0 Å². The van der Waals surface area contributed by atoms with Crippen LogP contribution in [0.3, 0.4) is 0 Å². The molecule has 1 N–H and O–H groups in total. The third-order valence-corrected chi connectivity index (χ3v) is 7.35. The summed E-state index contributed by atoms with van der Waals surface area (Å²) in [6, 6.07) is 21.6. The Morgan fingerprint density at radius 1 is 0.976 bits per heavy atom. The highest BCUT2D eigenvalue weighted by atomic mass is 32.1. The van der Waals surface area contributed by atoms with E-state index in [-0.39, 0.29) is 35.9 Å². The van der Waals surface area contributed by atoms with Gasteiger partial charge in [-0.05, 0) is 42.2 Å². The van der Waals surface area contributed by atoms with Crippen molar-refractivity contribution in [3.63, 3.8) is 0 Å². The first-order chi connectivity index (χ1) is 20.4. The van der Waals surface area contributed by atoms with Gasteiger partial charge in [0.25, 0.3) is 5.91 Å². The average Bonchev–Trinajstić information content (AvgIpc) is 3.41. The topological polar surface area (TPSA) is 104 Å². The van der Waals surface area contributed by atoms with E-state index in [1.165, 1.54) is 17.6 Å². The molecule has 0 radical (unpaired) electrons. The maximum Gasteiger partial charge on any atom is 0.341 e. The van der Waals surface area contributed by atoms with Crippen LogP contribution >= 0.6 is 11.3 Å². The highest BCUT2D eigenvalue weighted by Gasteiger charge is 2.23. The molecule has 5 rings (SSSR count). The minimum Gasteiger partial charge on any atom is -0.484 e. The maximum absolute atomic E-state index is 13.1. The molecule has 9 heteroatoms. The minimum atomic E-state index is -0.519. The summed E-state index contributed by atoms with van der Waals surface area (Å²) in [6.45, 7) is 5.70. The SMILES string of the molecule is CCOC(=O)c1c(-c2ccccc2)csc1NC(=O)COc1ccc2c(=O)c(Oc3ccccc3C(C)C)coc2c1. The Balaban J connectivity index is 1.29. The lowest BCUT2D eigenvalue weighted by Gasteiger charge is -2.13. The second kappa shape index (κ2) is 12.7. The van der Waals surface area contributed by atoms with Crippen molar-refractivity contribution < 1.29 is 28.2 Å². The first kappa shape index (κ1) is 28.6. The second-order valence-corrected chi connectivity index (χ2v) is 10.5. The van der Waals surface area contributed by atoms with Crippen molar-refractivity contribution in [3.8, 4) is 28.4 Å². The molecule has 0 fully saturated rings. The number of hydrogen-bond donors (Lipinski definition) is 1. The first-order valence-electron chi connectivity index (χ1n) is 13.4. The maximum atomic E-state index is 13.1. The molecule has 2 heterocycles. The molecule has 8 nitrogen and oxygen atoms in total. The van der Waals surface area contributed by atoms with Crippen molar-refractivity contribution in [2.75, 3.05) is 18.5 Å². The molecule has 3 aromatic carbocycles. The zero-order chi connectivity index (χ0) is 29.6. The molecule has 1 amide bonds. The van der Waals surface area contributed by atoms with Crippen LogP contribution in [0, 0.1) is 0 Å². The molecule has 0 saturated heterocycles. The van der Waals surface area contributed by atoms with Crippen molar-refractivity contribution in [1.82, 2.24) is 0 Å². The Bertz CT molecular complexity index is 1790. The van der Waals surface area contributed by atoms with E-state index in [4.69, 9.17) is 18.6 Å². The van der Waals surface area contributed by atoms with Crippen LogP contribution in [0.25, 0.3) is 22.1 Å². The van der Waals surface area contributed by atoms with Crippen LogP contribution in [0.2, 0.25) is 0 Å². The lowest BCUT2D eigenvalue weighted by atomic mass is 10.0. The van der Waals surface area contributed by atoms with E-state index in [0.717, 1.165) is 11.1 Å². The number of nitrogens with one attached hydrogen (secondary N) is 1. The number of esters is 1. The molecule has 0 atom stereocenters. The number of benzene rings is 3. The molecule has 0 saturated carbocycles. The lowest BCUT2D eigenvalue weighted by Crippen LogP contribution is -2.21. The number of ether oxygens (including phenoxy) is 3. The quantitative estimate of drug-likeness (QED) is 0.169. The second-order valence-electron chi connectivity index (χ2n) is 9.66. The highest BCUT2D eigenvalue weighted by molar-refractivity contribution is 7.15. The summed E-state index contributed by atoms with van der Waals surface area (Å²) < 4.78 is 22.5. The number of thiophene rings is 1. The molecule has 5 aromatic rings. The van der Waals surface area contributed by atoms with Crippen LogP contribution in [-0.4, -0.2) is 25.1 Å². The van der Waals surface area contributed by atoms with Gasteiger partial charge in [0, 0.05) is 17.0 Å². The summed E-state index contributed by atoms with van der Waals surface area (Å²) in [5.41, 5.74) is 2.75. The van der Waals surface area contributed by atoms with Gasteiger partial charge < -0.3 is 23.9 Å². The van der Waals surface area contributed by atoms with Crippen LogP contribution in [0.5, 0.6) is 17.2 Å². The number of hydrogen-bond acceptors (Lipinski definition) is 8. The van der Waals surface area contributed by atoms with Gasteiger partial charge in [-0.15, -0.1) is 11.3 Å². The van der Waals surface area contributed by atoms with Gasteiger partial charge in [0.05, 0.1) is 12.0 Å². The molecular weight excluding hydrogens is 554 g/mol. The summed E-state index contributed by atoms with van der Waals surface area (Å²) in [5.74, 6) is 0.241. The zero-order valence-electron chi connectivity index (χ0n) is 23.3. The van der Waals surface area contributed by atoms with E-state index in [2.05, 4.69) is 19.2 Å². The lowest BCUT2D eigenvalue weighted by molar-refractivity contribution is -0.118. The number of para-hydroxylation sites is 1. The molecule has 42 heavy (non-hydrogen) atoms. The molecule has 0 bridgehead atoms. The largest absolute Gasteiger partial charge is 0.484 e. The smallest absolute Gasteiger partial charge is 0.341 e. The Morgan fingerprint density at radius 3 is 2.50 bits per heavy atom. The molecule has 0 aliphatic carbocycles. The van der Waals surface area contributed by atoms with Gasteiger partial charge in [0.15, 0.2) is 6.61 Å². The molecule has 2 aromatic heterocycles. The molecule has 0 aliphatic rings. The predicted octanol–water partition coefficient (Wildman–Crippen LogP) is 7.63. The third-order valence-electron chi connectivity index (χ3n) is 6.45. The minimum absolute atomic E-state index is 0.0758. The van der Waals surface area contributed by atoms with Crippen LogP contribution in [-0.2, 0) is 9.53 Å². The molecule has 0 spiro atoms. The van der Waals surface area contributed by atoms with Crippen molar-refractivity contribution >= 4 is 39.2 Å². The van der Waals surface area contributed by atoms with Gasteiger partial charge >= 0.3 is 5.97 Å². The third kappa shape index (κ3) is 6.21. The predicted molar refractivity (Wildman–Crippen MR) is 163 cm³/mol. The van der Waals surface area contributed by atoms with E-state index in [1.807, 2.05) is 60.0 Å². The summed E-state index contributed by atoms with van der Waals surface area (Å²) in [4.78, 5) is 38.7. The fraction of sp³-hybridized carbons (Fsp3) is 0.182. The molecular formula is C33H29NO7S. The normalized spacial score (nSPS) is 11.0. The number of rotatable bonds is 10. The van der Waals surface area contributed by atoms with Crippen LogP contribution in [0.15, 0.2) is 93.7 Å². The Labute approximate surface area is 246 Å². The van der Waals surface area contributed by atoms with Gasteiger partial charge in [-0.1, -0.05) is 62.4 Å². The summed E-state index contributed by atoms with van der Waals surface area (Å²) in [5, 5.41) is 5.26. The fourth-order valence-corrected chi connectivity index (χ4v) is 5.39. The van der Waals surface area contributed by atoms with E-state index in [1.54, 1.807) is 25.1 Å². The van der Waals surface area contributed by atoms with Crippen LogP contribution in [0.1, 0.15) is 42.6 Å². The number of anilines is 1. The summed E-state index contributed by atoms with van der Waals surface area (Å²) >= 11 is 1.23. The average molecular weight is 584 g/mol. The van der Waals surface area contributed by atoms with Gasteiger partial charge in [0.2, 0.25) is 11.2 Å². The van der Waals surface area contributed by atoms with Gasteiger partial charge in [-0.2, -0.15) is 0 Å². The number of fused-ring (bicyclic) bond motifs is 1.